The van der Waals surface area contributed by atoms with E-state index >= 15 is 0 Å². The Morgan fingerprint density at radius 2 is 2.04 bits per heavy atom. The van der Waals surface area contributed by atoms with Crippen LogP contribution in [0.15, 0.2) is 54.7 Å². The molecule has 1 aliphatic heterocycles. The Balaban J connectivity index is 1.70. The highest BCUT2D eigenvalue weighted by Gasteiger charge is 2.23. The molecule has 0 bridgehead atoms. The normalized spacial score (nSPS) is 17.9. The largest absolute Gasteiger partial charge is 0.377 e. The zero-order valence-corrected chi connectivity index (χ0v) is 14.6. The molecule has 1 aliphatic rings. The van der Waals surface area contributed by atoms with Crippen molar-refractivity contribution in [1.29, 1.82) is 0 Å². The Morgan fingerprint density at radius 1 is 1.12 bits per heavy atom. The summed E-state index contributed by atoms with van der Waals surface area (Å²) in [6, 6.07) is 16.9. The van der Waals surface area contributed by atoms with E-state index in [4.69, 9.17) is 14.7 Å². The molecule has 1 atom stereocenters. The van der Waals surface area contributed by atoms with Crippen LogP contribution in [0.2, 0.25) is 0 Å². The van der Waals surface area contributed by atoms with Crippen molar-refractivity contribution in [2.45, 2.75) is 13.0 Å². The van der Waals surface area contributed by atoms with E-state index in [0.29, 0.717) is 6.04 Å². The fourth-order valence-electron chi connectivity index (χ4n) is 3.64. The molecule has 1 saturated heterocycles. The van der Waals surface area contributed by atoms with Crippen LogP contribution >= 0.6 is 0 Å². The van der Waals surface area contributed by atoms with Gasteiger partial charge in [-0.05, 0) is 36.6 Å². The van der Waals surface area contributed by atoms with Crippen LogP contribution in [-0.4, -0.2) is 40.8 Å². The highest BCUT2D eigenvalue weighted by Crippen LogP contribution is 2.30. The van der Waals surface area contributed by atoms with Crippen molar-refractivity contribution in [1.82, 2.24) is 15.0 Å². The molecule has 4 aromatic rings. The smallest absolute Gasteiger partial charge is 0.162 e. The van der Waals surface area contributed by atoms with E-state index in [-0.39, 0.29) is 0 Å². The first kappa shape index (κ1) is 15.3. The summed E-state index contributed by atoms with van der Waals surface area (Å²) in [5, 5.41) is 2.28. The van der Waals surface area contributed by atoms with Crippen LogP contribution in [-0.2, 0) is 4.74 Å². The first-order valence-corrected chi connectivity index (χ1v) is 8.98. The van der Waals surface area contributed by atoms with Crippen LogP contribution in [0.1, 0.15) is 6.92 Å². The molecule has 3 heterocycles. The van der Waals surface area contributed by atoms with E-state index in [0.717, 1.165) is 53.4 Å². The van der Waals surface area contributed by atoms with Crippen LogP contribution in [0, 0.1) is 0 Å². The van der Waals surface area contributed by atoms with E-state index in [1.54, 1.807) is 0 Å². The highest BCUT2D eigenvalue weighted by atomic mass is 16.5. The summed E-state index contributed by atoms with van der Waals surface area (Å²) >= 11 is 0. The van der Waals surface area contributed by atoms with Crippen LogP contribution < -0.4 is 4.90 Å². The van der Waals surface area contributed by atoms with E-state index in [1.165, 1.54) is 5.39 Å². The molecule has 1 N–H and O–H groups in total. The molecule has 130 valence electrons. The second kappa shape index (κ2) is 6.11. The van der Waals surface area contributed by atoms with Crippen molar-refractivity contribution in [2.75, 3.05) is 24.7 Å². The molecular formula is C21H20N4O. The van der Waals surface area contributed by atoms with E-state index < -0.39 is 0 Å². The predicted octanol–water partition coefficient (Wildman–Crippen LogP) is 4.00. The second-order valence-corrected chi connectivity index (χ2v) is 6.79. The molecule has 0 amide bonds. The Hall–Kier alpha value is -2.92. The van der Waals surface area contributed by atoms with Gasteiger partial charge in [-0.2, -0.15) is 0 Å². The molecule has 0 radical (unpaired) electrons. The van der Waals surface area contributed by atoms with Gasteiger partial charge in [0.2, 0.25) is 0 Å². The first-order chi connectivity index (χ1) is 12.8. The third-order valence-electron chi connectivity index (χ3n) is 5.04. The Morgan fingerprint density at radius 3 is 2.96 bits per heavy atom. The van der Waals surface area contributed by atoms with Gasteiger partial charge in [-0.3, -0.25) is 0 Å². The number of fused-ring (bicyclic) bond motifs is 2. The number of rotatable bonds is 2. The molecule has 5 heteroatoms. The monoisotopic (exact) mass is 344 g/mol. The maximum atomic E-state index is 5.61. The lowest BCUT2D eigenvalue weighted by Crippen LogP contribution is -2.44. The predicted molar refractivity (Wildman–Crippen MR) is 104 cm³/mol. The quantitative estimate of drug-likeness (QED) is 0.597. The summed E-state index contributed by atoms with van der Waals surface area (Å²) in [4.78, 5) is 15.4. The molecule has 26 heavy (non-hydrogen) atoms. The van der Waals surface area contributed by atoms with Gasteiger partial charge in [0.15, 0.2) is 5.82 Å². The van der Waals surface area contributed by atoms with Gasteiger partial charge >= 0.3 is 0 Å². The average Bonchev–Trinajstić information content (AvgIpc) is 3.15. The van der Waals surface area contributed by atoms with E-state index in [9.17, 15) is 0 Å². The van der Waals surface area contributed by atoms with Crippen LogP contribution in [0.5, 0.6) is 0 Å². The first-order valence-electron chi connectivity index (χ1n) is 8.98. The number of nitrogens with one attached hydrogen (secondary N) is 1. The number of H-pyrrole nitrogens is 1. The zero-order valence-electron chi connectivity index (χ0n) is 14.6. The third kappa shape index (κ3) is 2.52. The number of morpholine rings is 1. The van der Waals surface area contributed by atoms with Crippen LogP contribution in [0.25, 0.3) is 33.2 Å². The lowest BCUT2D eigenvalue weighted by molar-refractivity contribution is 0.0987. The summed E-state index contributed by atoms with van der Waals surface area (Å²) in [6.45, 7) is 4.48. The van der Waals surface area contributed by atoms with Gasteiger partial charge in [-0.1, -0.05) is 24.3 Å². The van der Waals surface area contributed by atoms with Crippen molar-refractivity contribution in [3.8, 4) is 11.4 Å². The number of hydrogen-bond donors (Lipinski definition) is 1. The van der Waals surface area contributed by atoms with E-state index in [1.807, 2.05) is 18.3 Å². The maximum Gasteiger partial charge on any atom is 0.162 e. The maximum absolute atomic E-state index is 5.61. The minimum absolute atomic E-state index is 0.292. The topological polar surface area (TPSA) is 54.0 Å². The molecular weight excluding hydrogens is 324 g/mol. The van der Waals surface area contributed by atoms with Gasteiger partial charge in [-0.25, -0.2) is 9.97 Å². The Labute approximate surface area is 151 Å². The number of nitrogens with zero attached hydrogens (tertiary/aromatic N) is 3. The average molecular weight is 344 g/mol. The minimum Gasteiger partial charge on any atom is -0.377 e. The SMILES string of the molecule is C[C@@H]1COCCN1c1nc(-c2ccc3cc[nH]c3c2)nc2ccccc12. The number of aromatic amines is 1. The van der Waals surface area contributed by atoms with Crippen molar-refractivity contribution in [2.24, 2.45) is 0 Å². The molecule has 5 rings (SSSR count). The van der Waals surface area contributed by atoms with Gasteiger partial charge in [0.1, 0.15) is 5.82 Å². The second-order valence-electron chi connectivity index (χ2n) is 6.79. The van der Waals surface area contributed by atoms with Gasteiger partial charge in [0.05, 0.1) is 24.8 Å². The number of anilines is 1. The molecule has 0 saturated carbocycles. The molecule has 0 aliphatic carbocycles. The molecule has 5 nitrogen and oxygen atoms in total. The fraction of sp³-hybridized carbons (Fsp3) is 0.238. The van der Waals surface area contributed by atoms with Crippen LogP contribution in [0.4, 0.5) is 5.82 Å². The number of hydrogen-bond acceptors (Lipinski definition) is 4. The van der Waals surface area contributed by atoms with Crippen molar-refractivity contribution < 1.29 is 4.74 Å². The van der Waals surface area contributed by atoms with Crippen molar-refractivity contribution in [3.63, 3.8) is 0 Å². The number of ether oxygens (including phenoxy) is 1. The molecule has 0 spiro atoms. The lowest BCUT2D eigenvalue weighted by atomic mass is 10.1. The fourth-order valence-corrected chi connectivity index (χ4v) is 3.64. The van der Waals surface area contributed by atoms with Gasteiger partial charge in [0.25, 0.3) is 0 Å². The summed E-state index contributed by atoms with van der Waals surface area (Å²) in [5.74, 6) is 1.75. The van der Waals surface area contributed by atoms with Crippen LogP contribution in [0.3, 0.4) is 0 Å². The Kier molecular flexibility index (Phi) is 3.60. The Bertz CT molecular complexity index is 1090. The molecule has 0 unspecified atom stereocenters. The molecule has 2 aromatic heterocycles. The summed E-state index contributed by atoms with van der Waals surface area (Å²) < 4.78 is 5.61. The third-order valence-corrected chi connectivity index (χ3v) is 5.04. The number of aromatic nitrogens is 3. The summed E-state index contributed by atoms with van der Waals surface area (Å²) in [7, 11) is 0. The van der Waals surface area contributed by atoms with Gasteiger partial charge in [0, 0.05) is 29.2 Å². The molecule has 1 fully saturated rings. The zero-order chi connectivity index (χ0) is 17.5. The summed E-state index contributed by atoms with van der Waals surface area (Å²) in [5.41, 5.74) is 3.09. The molecule has 2 aromatic carbocycles. The number of para-hydroxylation sites is 1. The minimum atomic E-state index is 0.292. The van der Waals surface area contributed by atoms with Crippen molar-refractivity contribution in [3.05, 3.63) is 54.7 Å². The van der Waals surface area contributed by atoms with Crippen molar-refractivity contribution >= 4 is 27.6 Å². The number of benzene rings is 2. The van der Waals surface area contributed by atoms with E-state index in [2.05, 4.69) is 53.2 Å². The summed E-state index contributed by atoms with van der Waals surface area (Å²) in [6.07, 6.45) is 1.95. The lowest BCUT2D eigenvalue weighted by Gasteiger charge is -2.35. The van der Waals surface area contributed by atoms with Gasteiger partial charge in [-0.15, -0.1) is 0 Å². The highest BCUT2D eigenvalue weighted by molar-refractivity contribution is 5.92. The van der Waals surface area contributed by atoms with Gasteiger partial charge < -0.3 is 14.6 Å². The standard InChI is InChI=1S/C21H20N4O/c1-14-13-26-11-10-25(14)21-17-4-2-3-5-18(17)23-20(24-21)16-7-6-15-8-9-22-19(15)12-16/h2-9,12,14,22H,10-11,13H2,1H3/t14-/m1/s1.